The molecular formula is C13H17BrN2O3. The van der Waals surface area contributed by atoms with Crippen molar-refractivity contribution in [3.8, 4) is 0 Å². The lowest BCUT2D eigenvalue weighted by atomic mass is 9.86. The number of methoxy groups -OCH3 is 1. The number of hydrogen-bond donors (Lipinski definition) is 2. The van der Waals surface area contributed by atoms with Crippen LogP contribution in [-0.4, -0.2) is 19.1 Å². The Hall–Kier alpha value is -1.56. The lowest BCUT2D eigenvalue weighted by Crippen LogP contribution is -2.41. The van der Waals surface area contributed by atoms with Gasteiger partial charge in [0.1, 0.15) is 0 Å². The van der Waals surface area contributed by atoms with Gasteiger partial charge in [0.2, 0.25) is 0 Å². The fourth-order valence-corrected chi connectivity index (χ4v) is 2.47. The average molecular weight is 329 g/mol. The standard InChI is InChI=1S/C13H17BrN2O3/c1-13(2,3)9-6-5-8(7-10(9)14)11(17)15-16-12(18)19-4/h5-7H,1-4H3,(H,15,17)(H,16,18). The first-order valence-corrected chi connectivity index (χ1v) is 6.49. The van der Waals surface area contributed by atoms with E-state index in [9.17, 15) is 9.59 Å². The Bertz CT molecular complexity index is 495. The predicted octanol–water partition coefficient (Wildman–Crippen LogP) is 2.75. The largest absolute Gasteiger partial charge is 0.452 e. The Balaban J connectivity index is 2.84. The van der Waals surface area contributed by atoms with Crippen molar-refractivity contribution in [2.75, 3.05) is 7.11 Å². The Labute approximate surface area is 120 Å². The van der Waals surface area contributed by atoms with Gasteiger partial charge in [0.05, 0.1) is 7.11 Å². The summed E-state index contributed by atoms with van der Waals surface area (Å²) in [6, 6.07) is 5.31. The van der Waals surface area contributed by atoms with E-state index in [-0.39, 0.29) is 5.41 Å². The van der Waals surface area contributed by atoms with Crippen molar-refractivity contribution in [1.82, 2.24) is 10.9 Å². The molecule has 0 heterocycles. The number of carbonyl (C=O) groups excluding carboxylic acids is 2. The topological polar surface area (TPSA) is 67.4 Å². The molecular weight excluding hydrogens is 312 g/mol. The summed E-state index contributed by atoms with van der Waals surface area (Å²) in [4.78, 5) is 22.6. The quantitative estimate of drug-likeness (QED) is 0.779. The number of amides is 2. The molecule has 1 aromatic carbocycles. The average Bonchev–Trinajstić information content (AvgIpc) is 2.33. The SMILES string of the molecule is COC(=O)NNC(=O)c1ccc(C(C)(C)C)c(Br)c1. The second-order valence-electron chi connectivity index (χ2n) is 5.02. The van der Waals surface area contributed by atoms with Crippen LogP contribution in [0.3, 0.4) is 0 Å². The van der Waals surface area contributed by atoms with Crippen LogP contribution in [0.25, 0.3) is 0 Å². The maximum atomic E-state index is 11.8. The number of hydrazine groups is 1. The first-order valence-electron chi connectivity index (χ1n) is 5.70. The molecule has 0 spiro atoms. The lowest BCUT2D eigenvalue weighted by Gasteiger charge is -2.21. The van der Waals surface area contributed by atoms with Crippen LogP contribution < -0.4 is 10.9 Å². The second kappa shape index (κ2) is 6.06. The molecule has 0 radical (unpaired) electrons. The van der Waals surface area contributed by atoms with Gasteiger partial charge in [-0.15, -0.1) is 0 Å². The summed E-state index contributed by atoms with van der Waals surface area (Å²) >= 11 is 3.45. The molecule has 0 aromatic heterocycles. The zero-order chi connectivity index (χ0) is 14.6. The molecule has 2 amide bonds. The smallest absolute Gasteiger partial charge is 0.425 e. The Morgan fingerprint density at radius 3 is 2.32 bits per heavy atom. The lowest BCUT2D eigenvalue weighted by molar-refractivity contribution is 0.0920. The highest BCUT2D eigenvalue weighted by atomic mass is 79.9. The predicted molar refractivity (Wildman–Crippen MR) is 75.8 cm³/mol. The summed E-state index contributed by atoms with van der Waals surface area (Å²) in [6.45, 7) is 6.27. The van der Waals surface area contributed by atoms with Gasteiger partial charge in [-0.05, 0) is 23.1 Å². The van der Waals surface area contributed by atoms with Crippen LogP contribution in [0.1, 0.15) is 36.7 Å². The minimum Gasteiger partial charge on any atom is -0.452 e. The van der Waals surface area contributed by atoms with Crippen LogP contribution in [0.5, 0.6) is 0 Å². The third-order valence-corrected chi connectivity index (χ3v) is 3.16. The normalized spacial score (nSPS) is 10.8. The fraction of sp³-hybridized carbons (Fsp3) is 0.385. The van der Waals surface area contributed by atoms with E-state index in [4.69, 9.17) is 0 Å². The van der Waals surface area contributed by atoms with Gasteiger partial charge in [-0.25, -0.2) is 10.2 Å². The van der Waals surface area contributed by atoms with Gasteiger partial charge >= 0.3 is 6.09 Å². The highest BCUT2D eigenvalue weighted by Gasteiger charge is 2.18. The Morgan fingerprint density at radius 2 is 1.84 bits per heavy atom. The van der Waals surface area contributed by atoms with Gasteiger partial charge in [-0.2, -0.15) is 0 Å². The van der Waals surface area contributed by atoms with Gasteiger partial charge in [0.15, 0.2) is 0 Å². The Kier molecular flexibility index (Phi) is 4.94. The van der Waals surface area contributed by atoms with Crippen molar-refractivity contribution in [3.63, 3.8) is 0 Å². The summed E-state index contributed by atoms with van der Waals surface area (Å²) in [5.41, 5.74) is 5.90. The minimum absolute atomic E-state index is 0.0158. The molecule has 1 aromatic rings. The fourth-order valence-electron chi connectivity index (χ4n) is 1.50. The summed E-state index contributed by atoms with van der Waals surface area (Å²) in [7, 11) is 1.22. The maximum Gasteiger partial charge on any atom is 0.425 e. The van der Waals surface area contributed by atoms with Crippen LogP contribution in [0.15, 0.2) is 22.7 Å². The van der Waals surface area contributed by atoms with Crippen molar-refractivity contribution in [2.24, 2.45) is 0 Å². The number of halogens is 1. The molecule has 6 heteroatoms. The third kappa shape index (κ3) is 4.24. The van der Waals surface area contributed by atoms with Crippen molar-refractivity contribution in [1.29, 1.82) is 0 Å². The van der Waals surface area contributed by atoms with Gasteiger partial charge in [0.25, 0.3) is 5.91 Å². The van der Waals surface area contributed by atoms with E-state index in [1.54, 1.807) is 12.1 Å². The molecule has 19 heavy (non-hydrogen) atoms. The first-order chi connectivity index (χ1) is 8.75. The van der Waals surface area contributed by atoms with Crippen LogP contribution in [0.4, 0.5) is 4.79 Å². The molecule has 0 aliphatic heterocycles. The van der Waals surface area contributed by atoms with E-state index in [0.717, 1.165) is 10.0 Å². The molecule has 0 saturated heterocycles. The molecule has 0 saturated carbocycles. The molecule has 0 aliphatic carbocycles. The second-order valence-corrected chi connectivity index (χ2v) is 5.87. The molecule has 5 nitrogen and oxygen atoms in total. The molecule has 0 atom stereocenters. The molecule has 2 N–H and O–H groups in total. The van der Waals surface area contributed by atoms with Gasteiger partial charge in [0, 0.05) is 10.0 Å². The summed E-state index contributed by atoms with van der Waals surface area (Å²) in [5.74, 6) is -0.411. The van der Waals surface area contributed by atoms with Gasteiger partial charge in [-0.1, -0.05) is 42.8 Å². The van der Waals surface area contributed by atoms with E-state index >= 15 is 0 Å². The number of benzene rings is 1. The molecule has 0 bridgehead atoms. The highest BCUT2D eigenvalue weighted by molar-refractivity contribution is 9.10. The van der Waals surface area contributed by atoms with Gasteiger partial charge in [-0.3, -0.25) is 10.2 Å². The van der Waals surface area contributed by atoms with Gasteiger partial charge < -0.3 is 4.74 Å². The van der Waals surface area contributed by atoms with E-state index in [1.165, 1.54) is 7.11 Å². The highest BCUT2D eigenvalue weighted by Crippen LogP contribution is 2.30. The minimum atomic E-state index is -0.723. The molecule has 1 rings (SSSR count). The monoisotopic (exact) mass is 328 g/mol. The first kappa shape index (κ1) is 15.5. The van der Waals surface area contributed by atoms with Crippen LogP contribution >= 0.6 is 15.9 Å². The third-order valence-electron chi connectivity index (χ3n) is 2.50. The molecule has 104 valence electrons. The van der Waals surface area contributed by atoms with Crippen LogP contribution in [0.2, 0.25) is 0 Å². The number of carbonyl (C=O) groups is 2. The van der Waals surface area contributed by atoms with Crippen molar-refractivity contribution >= 4 is 27.9 Å². The molecule has 0 fully saturated rings. The number of ether oxygens (including phenoxy) is 1. The maximum absolute atomic E-state index is 11.8. The summed E-state index contributed by atoms with van der Waals surface area (Å²) in [5, 5.41) is 0. The van der Waals surface area contributed by atoms with E-state index in [0.29, 0.717) is 5.56 Å². The van der Waals surface area contributed by atoms with Crippen molar-refractivity contribution in [2.45, 2.75) is 26.2 Å². The zero-order valence-electron chi connectivity index (χ0n) is 11.3. The van der Waals surface area contributed by atoms with Crippen LogP contribution in [-0.2, 0) is 10.2 Å². The molecule has 0 unspecified atom stereocenters. The van der Waals surface area contributed by atoms with E-state index in [1.807, 2.05) is 6.07 Å². The number of rotatable bonds is 1. The zero-order valence-corrected chi connectivity index (χ0v) is 12.9. The van der Waals surface area contributed by atoms with Crippen molar-refractivity contribution < 1.29 is 14.3 Å². The van der Waals surface area contributed by atoms with Crippen molar-refractivity contribution in [3.05, 3.63) is 33.8 Å². The molecule has 0 aliphatic rings. The summed E-state index contributed by atoms with van der Waals surface area (Å²) < 4.78 is 5.20. The summed E-state index contributed by atoms with van der Waals surface area (Å²) in [6.07, 6.45) is -0.723. The Morgan fingerprint density at radius 1 is 1.21 bits per heavy atom. The van der Waals surface area contributed by atoms with E-state index in [2.05, 4.69) is 52.3 Å². The number of nitrogens with one attached hydrogen (secondary N) is 2. The van der Waals surface area contributed by atoms with E-state index < -0.39 is 12.0 Å². The number of hydrogen-bond acceptors (Lipinski definition) is 3. The van der Waals surface area contributed by atoms with Crippen LogP contribution in [0, 0.1) is 0 Å².